The van der Waals surface area contributed by atoms with E-state index in [2.05, 4.69) is 56.0 Å². The zero-order valence-corrected chi connectivity index (χ0v) is 15.1. The molecular weight excluding hydrogens is 290 g/mol. The van der Waals surface area contributed by atoms with Crippen LogP contribution < -0.4 is 0 Å². The first-order valence-corrected chi connectivity index (χ1v) is 9.45. The lowest BCUT2D eigenvalue weighted by Gasteiger charge is -2.13. The maximum Gasteiger partial charge on any atom is 0.0421 e. The highest BCUT2D eigenvalue weighted by molar-refractivity contribution is 6.05. The van der Waals surface area contributed by atoms with Crippen molar-refractivity contribution in [2.45, 2.75) is 58.3 Å². The largest absolute Gasteiger partial charge is 0.289 e. The molecule has 0 amide bonds. The van der Waals surface area contributed by atoms with Gasteiger partial charge in [-0.15, -0.1) is 0 Å². The molecular formula is C23H31N. The van der Waals surface area contributed by atoms with Gasteiger partial charge in [-0.3, -0.25) is 4.99 Å². The maximum absolute atomic E-state index is 4.89. The van der Waals surface area contributed by atoms with Gasteiger partial charge in [0.25, 0.3) is 0 Å². The molecule has 1 aliphatic rings. The quantitative estimate of drug-likeness (QED) is 0.348. The molecule has 0 aromatic heterocycles. The van der Waals surface area contributed by atoms with Crippen molar-refractivity contribution in [2.75, 3.05) is 6.54 Å². The van der Waals surface area contributed by atoms with Crippen molar-refractivity contribution in [1.82, 2.24) is 0 Å². The van der Waals surface area contributed by atoms with Crippen LogP contribution in [0.5, 0.6) is 0 Å². The number of aliphatic imine (C=N–C) groups is 1. The minimum Gasteiger partial charge on any atom is -0.289 e. The molecule has 0 saturated carbocycles. The second-order valence-electron chi connectivity index (χ2n) is 6.52. The van der Waals surface area contributed by atoms with Gasteiger partial charge < -0.3 is 0 Å². The topological polar surface area (TPSA) is 12.4 Å². The summed E-state index contributed by atoms with van der Waals surface area (Å²) < 4.78 is 0. The summed E-state index contributed by atoms with van der Waals surface area (Å²) in [5.74, 6) is 0. The van der Waals surface area contributed by atoms with E-state index in [0.29, 0.717) is 0 Å². The van der Waals surface area contributed by atoms with Gasteiger partial charge in [0.15, 0.2) is 0 Å². The molecule has 0 N–H and O–H groups in total. The smallest absolute Gasteiger partial charge is 0.0421 e. The monoisotopic (exact) mass is 321 g/mol. The fourth-order valence-corrected chi connectivity index (χ4v) is 3.00. The Hall–Kier alpha value is -1.89. The Morgan fingerprint density at radius 1 is 0.917 bits per heavy atom. The first-order chi connectivity index (χ1) is 11.8. The zero-order chi connectivity index (χ0) is 17.0. The first-order valence-electron chi connectivity index (χ1n) is 9.45. The standard InChI is InChI=1S/C23H31N/c1-3-5-6-7-8-11-18-24-23-13-10-9-12-22(23)19-21-16-14-20(4-2)15-17-21/h4,9-10,14-17,19H,2-3,5-8,11-13,18H2,1H3. The second kappa shape index (κ2) is 10.8. The fourth-order valence-electron chi connectivity index (χ4n) is 3.00. The van der Waals surface area contributed by atoms with E-state index >= 15 is 0 Å². The molecule has 0 heterocycles. The normalized spacial score (nSPS) is 17.5. The predicted octanol–water partition coefficient (Wildman–Crippen LogP) is 6.86. The molecule has 0 aliphatic heterocycles. The van der Waals surface area contributed by atoms with E-state index in [9.17, 15) is 0 Å². The van der Waals surface area contributed by atoms with Crippen LogP contribution in [0.15, 0.2) is 53.6 Å². The van der Waals surface area contributed by atoms with E-state index in [1.807, 2.05) is 6.08 Å². The van der Waals surface area contributed by atoms with Crippen molar-refractivity contribution in [2.24, 2.45) is 4.99 Å². The Morgan fingerprint density at radius 3 is 2.33 bits per heavy atom. The van der Waals surface area contributed by atoms with Crippen LogP contribution in [0.3, 0.4) is 0 Å². The Kier molecular flexibility index (Phi) is 8.31. The van der Waals surface area contributed by atoms with Crippen molar-refractivity contribution >= 4 is 17.9 Å². The van der Waals surface area contributed by atoms with Gasteiger partial charge in [0, 0.05) is 18.7 Å². The summed E-state index contributed by atoms with van der Waals surface area (Å²) in [5, 5.41) is 0. The molecule has 1 aliphatic carbocycles. The van der Waals surface area contributed by atoms with Crippen molar-refractivity contribution in [3.8, 4) is 0 Å². The third-order valence-corrected chi connectivity index (χ3v) is 4.51. The molecule has 0 bridgehead atoms. The van der Waals surface area contributed by atoms with Gasteiger partial charge in [-0.1, -0.05) is 88.1 Å². The summed E-state index contributed by atoms with van der Waals surface area (Å²) in [7, 11) is 0. The minimum absolute atomic E-state index is 0.974. The molecule has 2 rings (SSSR count). The molecule has 0 saturated heterocycles. The van der Waals surface area contributed by atoms with Gasteiger partial charge in [0.2, 0.25) is 0 Å². The van der Waals surface area contributed by atoms with Crippen LogP contribution in [-0.2, 0) is 0 Å². The van der Waals surface area contributed by atoms with E-state index in [1.54, 1.807) is 0 Å². The molecule has 24 heavy (non-hydrogen) atoms. The van der Waals surface area contributed by atoms with Crippen LogP contribution in [0.4, 0.5) is 0 Å². The van der Waals surface area contributed by atoms with Crippen LogP contribution in [0.25, 0.3) is 12.2 Å². The summed E-state index contributed by atoms with van der Waals surface area (Å²) in [5.41, 5.74) is 5.06. The zero-order valence-electron chi connectivity index (χ0n) is 15.1. The lowest BCUT2D eigenvalue weighted by Crippen LogP contribution is -2.06. The van der Waals surface area contributed by atoms with Crippen LogP contribution in [0.1, 0.15) is 69.4 Å². The van der Waals surface area contributed by atoms with Gasteiger partial charge >= 0.3 is 0 Å². The number of allylic oxidation sites excluding steroid dienone is 3. The summed E-state index contributed by atoms with van der Waals surface area (Å²) in [6.45, 7) is 7.05. The first kappa shape index (κ1) is 18.4. The average molecular weight is 322 g/mol. The molecule has 0 radical (unpaired) electrons. The van der Waals surface area contributed by atoms with Gasteiger partial charge in [0.05, 0.1) is 0 Å². The number of unbranched alkanes of at least 4 members (excludes halogenated alkanes) is 5. The van der Waals surface area contributed by atoms with Crippen LogP contribution in [0.2, 0.25) is 0 Å². The third kappa shape index (κ3) is 6.31. The number of benzene rings is 1. The molecule has 0 unspecified atom stereocenters. The Morgan fingerprint density at radius 2 is 1.58 bits per heavy atom. The van der Waals surface area contributed by atoms with Gasteiger partial charge in [-0.2, -0.15) is 0 Å². The van der Waals surface area contributed by atoms with E-state index in [4.69, 9.17) is 4.99 Å². The summed E-state index contributed by atoms with van der Waals surface area (Å²) >= 11 is 0. The molecule has 1 nitrogen and oxygen atoms in total. The molecule has 128 valence electrons. The Balaban J connectivity index is 1.91. The average Bonchev–Trinajstić information content (AvgIpc) is 2.63. The number of hydrogen-bond acceptors (Lipinski definition) is 1. The number of hydrogen-bond donors (Lipinski definition) is 0. The molecule has 0 spiro atoms. The Labute approximate surface area is 147 Å². The lowest BCUT2D eigenvalue weighted by atomic mass is 9.96. The van der Waals surface area contributed by atoms with E-state index in [1.165, 1.54) is 55.4 Å². The number of rotatable bonds is 9. The minimum atomic E-state index is 0.974. The lowest BCUT2D eigenvalue weighted by molar-refractivity contribution is 0.612. The van der Waals surface area contributed by atoms with Crippen LogP contribution in [-0.4, -0.2) is 12.3 Å². The van der Waals surface area contributed by atoms with Crippen molar-refractivity contribution in [3.05, 3.63) is 59.7 Å². The van der Waals surface area contributed by atoms with Crippen LogP contribution >= 0.6 is 0 Å². The van der Waals surface area contributed by atoms with Gasteiger partial charge in [-0.05, 0) is 35.6 Å². The predicted molar refractivity (Wildman–Crippen MR) is 109 cm³/mol. The van der Waals surface area contributed by atoms with Gasteiger partial charge in [0.1, 0.15) is 0 Å². The molecule has 1 aromatic carbocycles. The van der Waals surface area contributed by atoms with E-state index in [-0.39, 0.29) is 0 Å². The molecule has 0 atom stereocenters. The number of nitrogens with zero attached hydrogens (tertiary/aromatic N) is 1. The summed E-state index contributed by atoms with van der Waals surface area (Å²) in [6, 6.07) is 8.55. The SMILES string of the molecule is C=Cc1ccc(C=C2CC=CCC2=NCCCCCCCC)cc1. The van der Waals surface area contributed by atoms with Gasteiger partial charge in [-0.25, -0.2) is 0 Å². The molecule has 1 aromatic rings. The summed E-state index contributed by atoms with van der Waals surface area (Å²) in [6.07, 6.45) is 18.6. The van der Waals surface area contributed by atoms with Crippen molar-refractivity contribution in [3.63, 3.8) is 0 Å². The fraction of sp³-hybridized carbons (Fsp3) is 0.435. The second-order valence-corrected chi connectivity index (χ2v) is 6.52. The van der Waals surface area contributed by atoms with E-state index < -0.39 is 0 Å². The Bertz CT molecular complexity index is 587. The summed E-state index contributed by atoms with van der Waals surface area (Å²) in [4.78, 5) is 4.89. The highest BCUT2D eigenvalue weighted by Gasteiger charge is 2.08. The van der Waals surface area contributed by atoms with Crippen LogP contribution in [0, 0.1) is 0 Å². The highest BCUT2D eigenvalue weighted by Crippen LogP contribution is 2.20. The van der Waals surface area contributed by atoms with Crippen molar-refractivity contribution < 1.29 is 0 Å². The molecule has 1 heteroatoms. The van der Waals surface area contributed by atoms with E-state index in [0.717, 1.165) is 24.9 Å². The molecule has 0 fully saturated rings. The van der Waals surface area contributed by atoms with Crippen molar-refractivity contribution in [1.29, 1.82) is 0 Å². The highest BCUT2D eigenvalue weighted by atomic mass is 14.7. The third-order valence-electron chi connectivity index (χ3n) is 4.51. The maximum atomic E-state index is 4.89.